The standard InChI is InChI=1S/C23H23ClN6O4S/c1-15(31)26-9-11-34-19-12-17(30-10-3-2-4-22(30)32)5-6-18(19)27-13-16(29-25)14-28-23(33)20-7-8-21(24)35-20/h2-8,10,12-13,25,27H,9,11,14H2,1H3,(H,26,31)(H,28,33)/b16-13-,29-25?. The second-order valence-corrected chi connectivity index (χ2v) is 8.81. The van der Waals surface area contributed by atoms with E-state index in [4.69, 9.17) is 21.9 Å². The topological polar surface area (TPSA) is 138 Å². The third kappa shape index (κ3) is 7.52. The van der Waals surface area contributed by atoms with Gasteiger partial charge in [0.05, 0.1) is 39.4 Å². The number of anilines is 1. The molecular weight excluding hydrogens is 492 g/mol. The van der Waals surface area contributed by atoms with Gasteiger partial charge in [0, 0.05) is 31.5 Å². The lowest BCUT2D eigenvalue weighted by molar-refractivity contribution is -0.119. The van der Waals surface area contributed by atoms with Crippen molar-refractivity contribution >= 4 is 40.4 Å². The average molecular weight is 515 g/mol. The highest BCUT2D eigenvalue weighted by Gasteiger charge is 2.10. The number of halogens is 1. The first kappa shape index (κ1) is 25.7. The smallest absolute Gasteiger partial charge is 0.261 e. The first-order valence-electron chi connectivity index (χ1n) is 10.4. The molecule has 3 aromatic rings. The van der Waals surface area contributed by atoms with E-state index in [2.05, 4.69) is 21.1 Å². The maximum absolute atomic E-state index is 12.2. The van der Waals surface area contributed by atoms with Crippen LogP contribution in [-0.4, -0.2) is 36.1 Å². The molecule has 3 rings (SSSR count). The van der Waals surface area contributed by atoms with E-state index < -0.39 is 0 Å². The van der Waals surface area contributed by atoms with E-state index >= 15 is 0 Å². The van der Waals surface area contributed by atoms with Crippen LogP contribution in [0.5, 0.6) is 5.75 Å². The first-order valence-corrected chi connectivity index (χ1v) is 11.6. The molecule has 1 aromatic carbocycles. The number of aromatic nitrogens is 1. The number of nitrogens with one attached hydrogen (secondary N) is 4. The Kier molecular flexibility index (Phi) is 9.16. The first-order chi connectivity index (χ1) is 16.9. The van der Waals surface area contributed by atoms with Crippen LogP contribution >= 0.6 is 22.9 Å². The van der Waals surface area contributed by atoms with Gasteiger partial charge in [-0.1, -0.05) is 17.7 Å². The minimum absolute atomic E-state index is 0.0149. The summed E-state index contributed by atoms with van der Waals surface area (Å²) in [6.07, 6.45) is 3.12. The van der Waals surface area contributed by atoms with Gasteiger partial charge in [-0.3, -0.25) is 19.0 Å². The number of hydrogen-bond donors (Lipinski definition) is 4. The Bertz CT molecular complexity index is 1300. The van der Waals surface area contributed by atoms with Crippen LogP contribution < -0.4 is 26.2 Å². The van der Waals surface area contributed by atoms with Gasteiger partial charge in [-0.15, -0.1) is 11.3 Å². The molecule has 0 aliphatic rings. The summed E-state index contributed by atoms with van der Waals surface area (Å²) in [5.74, 6) is -0.0782. The fourth-order valence-electron chi connectivity index (χ4n) is 2.91. The van der Waals surface area contributed by atoms with Gasteiger partial charge in [-0.2, -0.15) is 5.11 Å². The lowest BCUT2D eigenvalue weighted by atomic mass is 10.2. The largest absolute Gasteiger partial charge is 0.489 e. The van der Waals surface area contributed by atoms with E-state index in [-0.39, 0.29) is 36.2 Å². The normalized spacial score (nSPS) is 11.0. The molecule has 0 radical (unpaired) electrons. The van der Waals surface area contributed by atoms with Gasteiger partial charge in [-0.25, -0.2) is 5.53 Å². The van der Waals surface area contributed by atoms with Crippen LogP contribution in [0.1, 0.15) is 16.6 Å². The summed E-state index contributed by atoms with van der Waals surface area (Å²) in [6.45, 7) is 1.92. The number of hydrogen-bond acceptors (Lipinski definition) is 8. The summed E-state index contributed by atoms with van der Waals surface area (Å²) in [4.78, 5) is 36.0. The molecule has 0 saturated heterocycles. The quantitative estimate of drug-likeness (QED) is 0.228. The van der Waals surface area contributed by atoms with Crippen LogP contribution in [0.2, 0.25) is 4.34 Å². The highest BCUT2D eigenvalue weighted by Crippen LogP contribution is 2.27. The maximum atomic E-state index is 12.2. The second-order valence-electron chi connectivity index (χ2n) is 7.10. The molecule has 10 nitrogen and oxygen atoms in total. The zero-order chi connectivity index (χ0) is 25.2. The number of ether oxygens (including phenoxy) is 1. The molecule has 2 amide bonds. The molecule has 35 heavy (non-hydrogen) atoms. The van der Waals surface area contributed by atoms with E-state index in [1.807, 2.05) is 0 Å². The van der Waals surface area contributed by atoms with Crippen LogP contribution in [-0.2, 0) is 4.79 Å². The molecule has 0 spiro atoms. The van der Waals surface area contributed by atoms with E-state index in [1.165, 1.54) is 23.8 Å². The minimum atomic E-state index is -0.323. The number of pyridine rings is 1. The molecule has 0 aliphatic carbocycles. The molecule has 0 saturated carbocycles. The van der Waals surface area contributed by atoms with Gasteiger partial charge in [0.1, 0.15) is 12.4 Å². The van der Waals surface area contributed by atoms with E-state index in [0.29, 0.717) is 32.9 Å². The Morgan fingerprint density at radius 1 is 1.20 bits per heavy atom. The SMILES string of the molecule is CC(=O)NCCOc1cc(-n2ccccc2=O)ccc1N/C=C(/CNC(=O)c1ccc(Cl)s1)N=N. The van der Waals surface area contributed by atoms with Crippen molar-refractivity contribution in [2.75, 3.05) is 25.0 Å². The Labute approximate surface area is 210 Å². The van der Waals surface area contributed by atoms with Crippen molar-refractivity contribution in [2.45, 2.75) is 6.92 Å². The van der Waals surface area contributed by atoms with Crippen LogP contribution in [0.15, 0.2) is 76.5 Å². The Morgan fingerprint density at radius 3 is 2.71 bits per heavy atom. The van der Waals surface area contributed by atoms with E-state index in [1.54, 1.807) is 48.7 Å². The number of benzene rings is 1. The zero-order valence-electron chi connectivity index (χ0n) is 18.7. The van der Waals surface area contributed by atoms with Gasteiger partial charge in [0.25, 0.3) is 11.5 Å². The highest BCUT2D eigenvalue weighted by atomic mass is 35.5. The van der Waals surface area contributed by atoms with Crippen molar-refractivity contribution in [1.82, 2.24) is 15.2 Å². The fourth-order valence-corrected chi connectivity index (χ4v) is 3.87. The summed E-state index contributed by atoms with van der Waals surface area (Å²) in [7, 11) is 0. The van der Waals surface area contributed by atoms with Crippen LogP contribution in [0.25, 0.3) is 5.69 Å². The van der Waals surface area contributed by atoms with Crippen molar-refractivity contribution in [3.05, 3.63) is 86.2 Å². The Balaban J connectivity index is 1.76. The Morgan fingerprint density at radius 2 is 2.03 bits per heavy atom. The van der Waals surface area contributed by atoms with E-state index in [9.17, 15) is 14.4 Å². The average Bonchev–Trinajstić information content (AvgIpc) is 3.29. The minimum Gasteiger partial charge on any atom is -0.489 e. The molecule has 4 N–H and O–H groups in total. The van der Waals surface area contributed by atoms with Gasteiger partial charge in [0.15, 0.2) is 0 Å². The number of carbonyl (C=O) groups is 2. The molecule has 0 bridgehead atoms. The third-order valence-corrected chi connectivity index (χ3v) is 5.79. The number of rotatable bonds is 11. The predicted octanol–water partition coefficient (Wildman–Crippen LogP) is 3.78. The summed E-state index contributed by atoms with van der Waals surface area (Å²) in [5.41, 5.74) is 8.60. The molecule has 0 atom stereocenters. The van der Waals surface area contributed by atoms with E-state index in [0.717, 1.165) is 11.3 Å². The number of amides is 2. The van der Waals surface area contributed by atoms with Gasteiger partial charge < -0.3 is 20.7 Å². The van der Waals surface area contributed by atoms with Crippen molar-refractivity contribution in [3.63, 3.8) is 0 Å². The number of nitrogens with zero attached hydrogens (tertiary/aromatic N) is 2. The zero-order valence-corrected chi connectivity index (χ0v) is 20.3. The Hall–Kier alpha value is -3.96. The van der Waals surface area contributed by atoms with Gasteiger partial charge >= 0.3 is 0 Å². The molecule has 2 aromatic heterocycles. The van der Waals surface area contributed by atoms with Crippen LogP contribution in [0, 0.1) is 5.53 Å². The highest BCUT2D eigenvalue weighted by molar-refractivity contribution is 7.18. The van der Waals surface area contributed by atoms with Gasteiger partial charge in [0.2, 0.25) is 5.91 Å². The fraction of sp³-hybridized carbons (Fsp3) is 0.174. The molecule has 182 valence electrons. The summed E-state index contributed by atoms with van der Waals surface area (Å²) < 4.78 is 7.81. The summed E-state index contributed by atoms with van der Waals surface area (Å²) in [5, 5.41) is 11.8. The van der Waals surface area contributed by atoms with Gasteiger partial charge in [-0.05, 0) is 30.3 Å². The molecule has 2 heterocycles. The molecule has 12 heteroatoms. The second kappa shape index (κ2) is 12.5. The van der Waals surface area contributed by atoms with Crippen LogP contribution in [0.3, 0.4) is 0 Å². The maximum Gasteiger partial charge on any atom is 0.261 e. The lowest BCUT2D eigenvalue weighted by Crippen LogP contribution is -2.25. The predicted molar refractivity (Wildman–Crippen MR) is 135 cm³/mol. The molecule has 0 unspecified atom stereocenters. The van der Waals surface area contributed by atoms with Crippen molar-refractivity contribution in [3.8, 4) is 11.4 Å². The lowest BCUT2D eigenvalue weighted by Gasteiger charge is -2.15. The summed E-state index contributed by atoms with van der Waals surface area (Å²) >= 11 is 7.02. The molecular formula is C23H23ClN6O4S. The molecule has 0 fully saturated rings. The number of carbonyl (C=O) groups excluding carboxylic acids is 2. The third-order valence-electron chi connectivity index (χ3n) is 4.56. The van der Waals surface area contributed by atoms with Crippen molar-refractivity contribution < 1.29 is 14.3 Å². The van der Waals surface area contributed by atoms with Crippen molar-refractivity contribution in [1.29, 1.82) is 5.53 Å². The monoisotopic (exact) mass is 514 g/mol. The van der Waals surface area contributed by atoms with Crippen molar-refractivity contribution in [2.24, 2.45) is 5.11 Å². The molecule has 0 aliphatic heterocycles. The number of thiophene rings is 1. The van der Waals surface area contributed by atoms with Crippen LogP contribution in [0.4, 0.5) is 5.69 Å². The summed E-state index contributed by atoms with van der Waals surface area (Å²) in [6, 6.07) is 13.2.